The van der Waals surface area contributed by atoms with Crippen LogP contribution >= 0.6 is 0 Å². The molecule has 0 aromatic heterocycles. The topological polar surface area (TPSA) is 29.3 Å². The van der Waals surface area contributed by atoms with E-state index in [0.29, 0.717) is 12.6 Å². The Morgan fingerprint density at radius 3 is 2.52 bits per heavy atom. The van der Waals surface area contributed by atoms with Crippen LogP contribution in [-0.4, -0.2) is 24.0 Å². The van der Waals surface area contributed by atoms with Gasteiger partial charge in [-0.15, -0.1) is 0 Å². The number of likely N-dealkylation sites (tertiary alicyclic amines) is 1. The molecule has 122 valence electrons. The maximum Gasteiger partial charge on any atom is 0.126 e. The normalized spacial score (nSPS) is 20.3. The molecular weight excluding hydrogens is 287 g/mol. The molecule has 1 fully saturated rings. The fourth-order valence-corrected chi connectivity index (χ4v) is 3.75. The van der Waals surface area contributed by atoms with E-state index in [1.54, 1.807) is 12.1 Å². The lowest BCUT2D eigenvalue weighted by molar-refractivity contribution is 0.118. The maximum absolute atomic E-state index is 14.3. The molecule has 3 heteroatoms. The molecule has 2 N–H and O–H groups in total. The molecule has 0 amide bonds. The molecule has 0 bridgehead atoms. The molecule has 1 aliphatic heterocycles. The fraction of sp³-hybridized carbons (Fsp3) is 0.400. The molecule has 0 radical (unpaired) electrons. The largest absolute Gasteiger partial charge is 0.330 e. The second-order valence-electron chi connectivity index (χ2n) is 6.38. The molecule has 2 nitrogen and oxygen atoms in total. The van der Waals surface area contributed by atoms with Crippen molar-refractivity contribution in [3.05, 3.63) is 71.5 Å². The highest BCUT2D eigenvalue weighted by Gasteiger charge is 2.31. The van der Waals surface area contributed by atoms with Gasteiger partial charge in [-0.3, -0.25) is 4.90 Å². The molecule has 1 heterocycles. The monoisotopic (exact) mass is 312 g/mol. The van der Waals surface area contributed by atoms with Gasteiger partial charge in [-0.1, -0.05) is 55.0 Å². The molecule has 2 atom stereocenters. The summed E-state index contributed by atoms with van der Waals surface area (Å²) in [6.07, 6.45) is 3.49. The Hall–Kier alpha value is -1.71. The van der Waals surface area contributed by atoms with E-state index in [1.807, 2.05) is 18.2 Å². The minimum atomic E-state index is -0.131. The van der Waals surface area contributed by atoms with E-state index < -0.39 is 0 Å². The number of halogens is 1. The third-order valence-corrected chi connectivity index (χ3v) is 4.92. The van der Waals surface area contributed by atoms with Gasteiger partial charge >= 0.3 is 0 Å². The van der Waals surface area contributed by atoms with Crippen LogP contribution in [-0.2, 0) is 6.54 Å². The van der Waals surface area contributed by atoms with Crippen molar-refractivity contribution in [1.29, 1.82) is 0 Å². The molecule has 1 saturated heterocycles. The van der Waals surface area contributed by atoms with Crippen molar-refractivity contribution in [3.8, 4) is 0 Å². The highest BCUT2D eigenvalue weighted by atomic mass is 19.1. The second-order valence-corrected chi connectivity index (χ2v) is 6.38. The van der Waals surface area contributed by atoms with Crippen LogP contribution < -0.4 is 5.73 Å². The van der Waals surface area contributed by atoms with Gasteiger partial charge < -0.3 is 5.73 Å². The van der Waals surface area contributed by atoms with Gasteiger partial charge in [0.2, 0.25) is 0 Å². The first-order valence-corrected chi connectivity index (χ1v) is 8.52. The van der Waals surface area contributed by atoms with Crippen molar-refractivity contribution in [1.82, 2.24) is 4.90 Å². The zero-order valence-electron chi connectivity index (χ0n) is 13.5. The van der Waals surface area contributed by atoms with Crippen molar-refractivity contribution in [3.63, 3.8) is 0 Å². The Labute approximate surface area is 138 Å². The molecule has 0 spiro atoms. The highest BCUT2D eigenvalue weighted by Crippen LogP contribution is 2.32. The smallest absolute Gasteiger partial charge is 0.126 e. The van der Waals surface area contributed by atoms with Crippen LogP contribution in [0.25, 0.3) is 0 Å². The number of piperidine rings is 1. The van der Waals surface area contributed by atoms with E-state index >= 15 is 0 Å². The predicted octanol–water partition coefficient (Wildman–Crippen LogP) is 3.92. The van der Waals surface area contributed by atoms with E-state index in [9.17, 15) is 4.39 Å². The average molecular weight is 312 g/mol. The zero-order chi connectivity index (χ0) is 16.1. The molecule has 0 aliphatic carbocycles. The summed E-state index contributed by atoms with van der Waals surface area (Å²) in [7, 11) is 0. The standard InChI is InChI=1S/C20H25FN2/c21-19-11-5-4-10-17(19)18(14-22)20-12-6-7-13-23(20)15-16-8-2-1-3-9-16/h1-5,8-11,18,20H,6-7,12-15,22H2. The van der Waals surface area contributed by atoms with Gasteiger partial charge in [-0.2, -0.15) is 0 Å². The minimum absolute atomic E-state index is 0.0558. The van der Waals surface area contributed by atoms with E-state index in [2.05, 4.69) is 29.2 Å². The Morgan fingerprint density at radius 1 is 1.04 bits per heavy atom. The molecular formula is C20H25FN2. The lowest BCUT2D eigenvalue weighted by Crippen LogP contribution is -2.45. The van der Waals surface area contributed by atoms with Crippen LogP contribution in [0.3, 0.4) is 0 Å². The Bertz CT molecular complexity index is 614. The summed E-state index contributed by atoms with van der Waals surface area (Å²) in [5.41, 5.74) is 8.14. The number of rotatable bonds is 5. The zero-order valence-corrected chi connectivity index (χ0v) is 13.5. The molecule has 2 aromatic carbocycles. The van der Waals surface area contributed by atoms with Gasteiger partial charge in [0.15, 0.2) is 0 Å². The van der Waals surface area contributed by atoms with Gasteiger partial charge in [-0.05, 0) is 36.6 Å². The molecule has 3 rings (SSSR count). The van der Waals surface area contributed by atoms with Crippen LogP contribution in [0.1, 0.15) is 36.3 Å². The lowest BCUT2D eigenvalue weighted by Gasteiger charge is -2.40. The van der Waals surface area contributed by atoms with Crippen molar-refractivity contribution < 1.29 is 4.39 Å². The van der Waals surface area contributed by atoms with Gasteiger partial charge in [-0.25, -0.2) is 4.39 Å². The maximum atomic E-state index is 14.3. The molecule has 2 aromatic rings. The number of benzene rings is 2. The van der Waals surface area contributed by atoms with Crippen LogP contribution in [0.15, 0.2) is 54.6 Å². The first-order valence-electron chi connectivity index (χ1n) is 8.52. The highest BCUT2D eigenvalue weighted by molar-refractivity contribution is 5.24. The van der Waals surface area contributed by atoms with Gasteiger partial charge in [0, 0.05) is 25.0 Å². The SMILES string of the molecule is NCC(c1ccccc1F)C1CCCCN1Cc1ccccc1. The number of nitrogens with zero attached hydrogens (tertiary/aromatic N) is 1. The fourth-order valence-electron chi connectivity index (χ4n) is 3.75. The third kappa shape index (κ3) is 3.80. The van der Waals surface area contributed by atoms with Crippen molar-refractivity contribution in [2.75, 3.05) is 13.1 Å². The van der Waals surface area contributed by atoms with Crippen LogP contribution in [0.4, 0.5) is 4.39 Å². The average Bonchev–Trinajstić information content (AvgIpc) is 2.59. The number of hydrogen-bond donors (Lipinski definition) is 1. The number of nitrogens with two attached hydrogens (primary N) is 1. The Morgan fingerprint density at radius 2 is 1.78 bits per heavy atom. The van der Waals surface area contributed by atoms with E-state index in [0.717, 1.165) is 25.1 Å². The van der Waals surface area contributed by atoms with Gasteiger partial charge in [0.05, 0.1) is 0 Å². The minimum Gasteiger partial charge on any atom is -0.330 e. The van der Waals surface area contributed by atoms with Crippen LogP contribution in [0.2, 0.25) is 0 Å². The van der Waals surface area contributed by atoms with E-state index in [1.165, 1.54) is 18.4 Å². The summed E-state index contributed by atoms with van der Waals surface area (Å²) in [6.45, 7) is 2.46. The lowest BCUT2D eigenvalue weighted by atomic mass is 9.84. The molecule has 2 unspecified atom stereocenters. The molecule has 23 heavy (non-hydrogen) atoms. The Balaban J connectivity index is 1.83. The summed E-state index contributed by atoms with van der Waals surface area (Å²) in [4.78, 5) is 2.49. The second kappa shape index (κ2) is 7.71. The van der Waals surface area contributed by atoms with Crippen molar-refractivity contribution in [2.24, 2.45) is 5.73 Å². The summed E-state index contributed by atoms with van der Waals surface area (Å²) in [6, 6.07) is 17.9. The van der Waals surface area contributed by atoms with Crippen molar-refractivity contribution >= 4 is 0 Å². The van der Waals surface area contributed by atoms with E-state index in [-0.39, 0.29) is 11.7 Å². The summed E-state index contributed by atoms with van der Waals surface area (Å²) in [5.74, 6) is -0.0756. The first-order chi connectivity index (χ1) is 11.3. The van der Waals surface area contributed by atoms with Crippen LogP contribution in [0, 0.1) is 5.82 Å². The van der Waals surface area contributed by atoms with Gasteiger partial charge in [0.1, 0.15) is 5.82 Å². The Kier molecular flexibility index (Phi) is 5.42. The van der Waals surface area contributed by atoms with E-state index in [4.69, 9.17) is 5.73 Å². The first kappa shape index (κ1) is 16.2. The predicted molar refractivity (Wildman–Crippen MR) is 92.7 cm³/mol. The summed E-state index contributed by atoms with van der Waals surface area (Å²) < 4.78 is 14.3. The van der Waals surface area contributed by atoms with Crippen molar-refractivity contribution in [2.45, 2.75) is 37.8 Å². The van der Waals surface area contributed by atoms with Crippen LogP contribution in [0.5, 0.6) is 0 Å². The van der Waals surface area contributed by atoms with Gasteiger partial charge in [0.25, 0.3) is 0 Å². The third-order valence-electron chi connectivity index (χ3n) is 4.92. The quantitative estimate of drug-likeness (QED) is 0.906. The number of hydrogen-bond acceptors (Lipinski definition) is 2. The summed E-state index contributed by atoms with van der Waals surface area (Å²) in [5, 5.41) is 0. The molecule has 1 aliphatic rings. The summed E-state index contributed by atoms with van der Waals surface area (Å²) >= 11 is 0. The molecule has 0 saturated carbocycles.